The van der Waals surface area contributed by atoms with Gasteiger partial charge in [0.05, 0.1) is 13.1 Å². The number of aryl methyl sites for hydroxylation is 1. The van der Waals surface area contributed by atoms with Crippen LogP contribution in [0.5, 0.6) is 5.75 Å². The van der Waals surface area contributed by atoms with E-state index in [4.69, 9.17) is 4.42 Å². The van der Waals surface area contributed by atoms with Gasteiger partial charge >= 0.3 is 6.61 Å². The fourth-order valence-electron chi connectivity index (χ4n) is 3.27. The molecule has 2 aromatic carbocycles. The highest BCUT2D eigenvalue weighted by Crippen LogP contribution is 2.24. The maximum atomic E-state index is 12.7. The number of ether oxygens (including phenoxy) is 1. The highest BCUT2D eigenvalue weighted by molar-refractivity contribution is 5.78. The Balaban J connectivity index is 1.70. The van der Waals surface area contributed by atoms with E-state index in [2.05, 4.69) is 10.1 Å². The third-order valence-corrected chi connectivity index (χ3v) is 4.61. The van der Waals surface area contributed by atoms with Crippen LogP contribution in [0, 0.1) is 6.92 Å². The van der Waals surface area contributed by atoms with E-state index in [9.17, 15) is 13.6 Å². The predicted octanol–water partition coefficient (Wildman–Crippen LogP) is 3.11. The molecule has 0 aliphatic heterocycles. The first-order valence-electron chi connectivity index (χ1n) is 9.66. The van der Waals surface area contributed by atoms with Crippen LogP contribution in [0.1, 0.15) is 28.7 Å². The van der Waals surface area contributed by atoms with E-state index >= 15 is 0 Å². The predicted molar refractivity (Wildman–Crippen MR) is 108 cm³/mol. The normalized spacial score (nSPS) is 13.1. The Morgan fingerprint density at radius 3 is 2.30 bits per heavy atom. The number of benzene rings is 2. The third kappa shape index (κ3) is 6.15. The number of alkyl halides is 2. The third-order valence-electron chi connectivity index (χ3n) is 4.61. The summed E-state index contributed by atoms with van der Waals surface area (Å²) in [6.07, 6.45) is 0. The van der Waals surface area contributed by atoms with Gasteiger partial charge in [0.25, 0.3) is 5.91 Å². The summed E-state index contributed by atoms with van der Waals surface area (Å²) in [5.74, 6) is 1.61. The lowest BCUT2D eigenvalue weighted by Crippen LogP contribution is -3.08. The number of halogens is 2. The van der Waals surface area contributed by atoms with E-state index in [1.165, 1.54) is 12.1 Å². The molecular weight excluding hydrogens is 390 g/mol. The Hall–Kier alpha value is -3.19. The van der Waals surface area contributed by atoms with Crippen molar-refractivity contribution in [3.05, 3.63) is 89.4 Å². The van der Waals surface area contributed by atoms with Crippen molar-refractivity contribution in [2.75, 3.05) is 13.6 Å². The molecule has 0 bridgehead atoms. The minimum atomic E-state index is -2.88. The number of rotatable bonds is 9. The fraction of sp³-hybridized carbons (Fsp3) is 0.261. The Labute approximate surface area is 174 Å². The second-order valence-electron chi connectivity index (χ2n) is 7.18. The van der Waals surface area contributed by atoms with Crippen molar-refractivity contribution < 1.29 is 27.6 Å². The molecule has 2 N–H and O–H groups in total. The monoisotopic (exact) mass is 415 g/mol. The van der Waals surface area contributed by atoms with Gasteiger partial charge in [-0.3, -0.25) is 4.79 Å². The van der Waals surface area contributed by atoms with Crippen molar-refractivity contribution in [1.82, 2.24) is 5.32 Å². The van der Waals surface area contributed by atoms with Gasteiger partial charge in [0, 0.05) is 0 Å². The molecule has 1 heterocycles. The summed E-state index contributed by atoms with van der Waals surface area (Å²) in [6.45, 7) is -0.142. The van der Waals surface area contributed by atoms with E-state index in [1.807, 2.05) is 56.4 Å². The summed E-state index contributed by atoms with van der Waals surface area (Å²) in [5.41, 5.74) is 1.67. The lowest BCUT2D eigenvalue weighted by atomic mass is 9.98. The van der Waals surface area contributed by atoms with Gasteiger partial charge in [0.2, 0.25) is 0 Å². The summed E-state index contributed by atoms with van der Waals surface area (Å²) in [6, 6.07) is 19.2. The van der Waals surface area contributed by atoms with Crippen LogP contribution in [0.25, 0.3) is 0 Å². The number of quaternary nitrogens is 1. The van der Waals surface area contributed by atoms with Crippen molar-refractivity contribution in [2.24, 2.45) is 0 Å². The second-order valence-corrected chi connectivity index (χ2v) is 7.18. The van der Waals surface area contributed by atoms with Crippen LogP contribution in [-0.2, 0) is 11.3 Å². The smallest absolute Gasteiger partial charge is 0.387 e. The number of hydrogen-bond donors (Lipinski definition) is 2. The second kappa shape index (κ2) is 10.0. The molecule has 0 saturated carbocycles. The minimum absolute atomic E-state index is 0.0739. The molecule has 0 aliphatic rings. The van der Waals surface area contributed by atoms with Crippen molar-refractivity contribution in [3.63, 3.8) is 0 Å². The highest BCUT2D eigenvalue weighted by Gasteiger charge is 2.20. The maximum Gasteiger partial charge on any atom is 0.387 e. The molecule has 1 aromatic heterocycles. The summed E-state index contributed by atoms with van der Waals surface area (Å²) >= 11 is 0. The minimum Gasteiger partial charge on any atom is -0.460 e. The number of hydrogen-bond acceptors (Lipinski definition) is 3. The maximum absolute atomic E-state index is 12.7. The van der Waals surface area contributed by atoms with Gasteiger partial charge < -0.3 is 19.4 Å². The zero-order valence-electron chi connectivity index (χ0n) is 16.9. The van der Waals surface area contributed by atoms with Gasteiger partial charge in [0.15, 0.2) is 12.3 Å². The summed E-state index contributed by atoms with van der Waals surface area (Å²) < 4.78 is 34.8. The topological polar surface area (TPSA) is 55.9 Å². The zero-order chi connectivity index (χ0) is 21.5. The van der Waals surface area contributed by atoms with Crippen LogP contribution in [0.2, 0.25) is 0 Å². The van der Waals surface area contributed by atoms with Crippen molar-refractivity contribution >= 4 is 5.91 Å². The van der Waals surface area contributed by atoms with Gasteiger partial charge in [0.1, 0.15) is 18.1 Å². The van der Waals surface area contributed by atoms with Gasteiger partial charge in [-0.1, -0.05) is 42.5 Å². The number of carbonyl (C=O) groups excluding carboxylic acids is 1. The van der Waals surface area contributed by atoms with E-state index in [0.717, 1.165) is 27.5 Å². The lowest BCUT2D eigenvalue weighted by molar-refractivity contribution is -0.886. The molecule has 2 atom stereocenters. The van der Waals surface area contributed by atoms with Crippen LogP contribution in [-0.4, -0.2) is 26.1 Å². The molecule has 1 amide bonds. The van der Waals surface area contributed by atoms with Gasteiger partial charge in [-0.25, -0.2) is 0 Å². The van der Waals surface area contributed by atoms with Gasteiger partial charge in [-0.05, 0) is 42.3 Å². The summed E-state index contributed by atoms with van der Waals surface area (Å²) in [7, 11) is 1.92. The average Bonchev–Trinajstić information content (AvgIpc) is 3.11. The average molecular weight is 415 g/mol. The quantitative estimate of drug-likeness (QED) is 0.565. The van der Waals surface area contributed by atoms with Crippen molar-refractivity contribution in [3.8, 4) is 5.75 Å². The SMILES string of the molecule is Cc1ccc(C[NH+](C)CC(=O)N[C@@H](c2ccccc2)c2ccc(OC(F)F)cc2)o1. The van der Waals surface area contributed by atoms with Crippen molar-refractivity contribution in [2.45, 2.75) is 26.1 Å². The molecule has 0 radical (unpaired) electrons. The molecule has 0 aliphatic carbocycles. The molecule has 158 valence electrons. The summed E-state index contributed by atoms with van der Waals surface area (Å²) in [4.78, 5) is 13.7. The molecule has 5 nitrogen and oxygen atoms in total. The van der Waals surface area contributed by atoms with E-state index in [1.54, 1.807) is 12.1 Å². The summed E-state index contributed by atoms with van der Waals surface area (Å²) in [5, 5.41) is 3.05. The molecule has 7 heteroatoms. The molecule has 0 saturated heterocycles. The number of amides is 1. The van der Waals surface area contributed by atoms with Gasteiger partial charge in [-0.15, -0.1) is 0 Å². The Morgan fingerprint density at radius 1 is 1.03 bits per heavy atom. The Morgan fingerprint density at radius 2 is 1.70 bits per heavy atom. The molecule has 1 unspecified atom stereocenters. The van der Waals surface area contributed by atoms with Crippen LogP contribution in [0.4, 0.5) is 8.78 Å². The number of nitrogens with one attached hydrogen (secondary N) is 2. The fourth-order valence-corrected chi connectivity index (χ4v) is 3.27. The number of likely N-dealkylation sites (N-methyl/N-ethyl adjacent to an activating group) is 1. The largest absolute Gasteiger partial charge is 0.460 e. The van der Waals surface area contributed by atoms with Gasteiger partial charge in [-0.2, -0.15) is 8.78 Å². The van der Waals surface area contributed by atoms with Crippen molar-refractivity contribution in [1.29, 1.82) is 0 Å². The molecule has 3 aromatic rings. The molecular formula is C23H25F2N2O3+. The first-order chi connectivity index (χ1) is 14.4. The molecule has 30 heavy (non-hydrogen) atoms. The number of furan rings is 1. The van der Waals surface area contributed by atoms with Crippen LogP contribution in [0.15, 0.2) is 71.1 Å². The number of carbonyl (C=O) groups is 1. The van der Waals surface area contributed by atoms with Crippen LogP contribution in [0.3, 0.4) is 0 Å². The molecule has 0 fully saturated rings. The van der Waals surface area contributed by atoms with E-state index in [0.29, 0.717) is 6.54 Å². The van der Waals surface area contributed by atoms with E-state index < -0.39 is 12.7 Å². The highest BCUT2D eigenvalue weighted by atomic mass is 19.3. The first kappa shape index (κ1) is 21.5. The standard InChI is InChI=1S/C23H24F2N2O3/c1-16-8-11-20(29-16)14-27(2)15-21(28)26-22(17-6-4-3-5-7-17)18-9-12-19(13-10-18)30-23(24)25/h3-13,22-23H,14-15H2,1-2H3,(H,26,28)/p+1/t22-/m0/s1. The lowest BCUT2D eigenvalue weighted by Gasteiger charge is -2.21. The molecule has 3 rings (SSSR count). The Bertz CT molecular complexity index is 943. The zero-order valence-corrected chi connectivity index (χ0v) is 16.9. The first-order valence-corrected chi connectivity index (χ1v) is 9.66. The molecule has 0 spiro atoms. The van der Waals surface area contributed by atoms with Crippen LogP contribution < -0.4 is 15.0 Å². The van der Waals surface area contributed by atoms with E-state index in [-0.39, 0.29) is 18.2 Å². The van der Waals surface area contributed by atoms with Crippen LogP contribution >= 0.6 is 0 Å². The Kier molecular flexibility index (Phi) is 7.19.